The Bertz CT molecular complexity index is 537. The first-order valence-electron chi connectivity index (χ1n) is 5.13. The van der Waals surface area contributed by atoms with E-state index < -0.39 is 0 Å². The largest absolute Gasteiger partial charge is 0.463 e. The lowest BCUT2D eigenvalue weighted by molar-refractivity contribution is 0.560. The van der Waals surface area contributed by atoms with Crippen molar-refractivity contribution in [2.45, 2.75) is 0 Å². The zero-order valence-electron chi connectivity index (χ0n) is 9.26. The van der Waals surface area contributed by atoms with Crippen molar-refractivity contribution < 1.29 is 8.81 Å². The summed E-state index contributed by atoms with van der Waals surface area (Å²) in [7, 11) is 0. The third-order valence-corrected chi connectivity index (χ3v) is 2.20. The highest BCUT2D eigenvalue weighted by molar-refractivity contribution is 7.80. The number of hydrogen-bond acceptors (Lipinski definition) is 3. The van der Waals surface area contributed by atoms with Gasteiger partial charge in [0.05, 0.1) is 12.5 Å². The van der Waals surface area contributed by atoms with Crippen LogP contribution in [0, 0.1) is 5.82 Å². The maximum Gasteiger partial charge on any atom is 0.191 e. The van der Waals surface area contributed by atoms with E-state index in [2.05, 4.69) is 15.8 Å². The lowest BCUT2D eigenvalue weighted by Gasteiger charge is -2.06. The summed E-state index contributed by atoms with van der Waals surface area (Å²) in [6, 6.07) is 9.38. The van der Waals surface area contributed by atoms with Gasteiger partial charge in [0.15, 0.2) is 5.11 Å². The number of hydrogen-bond donors (Lipinski definition) is 2. The van der Waals surface area contributed by atoms with Crippen LogP contribution < -0.4 is 10.7 Å². The first-order chi connectivity index (χ1) is 8.74. The van der Waals surface area contributed by atoms with Gasteiger partial charge in [-0.05, 0) is 48.6 Å². The van der Waals surface area contributed by atoms with E-state index in [1.807, 2.05) is 0 Å². The maximum atomic E-state index is 12.7. The number of anilines is 1. The highest BCUT2D eigenvalue weighted by Crippen LogP contribution is 2.07. The molecule has 0 saturated heterocycles. The second kappa shape index (κ2) is 5.92. The second-order valence-electron chi connectivity index (χ2n) is 3.35. The highest BCUT2D eigenvalue weighted by atomic mass is 32.1. The Morgan fingerprint density at radius 3 is 2.72 bits per heavy atom. The van der Waals surface area contributed by atoms with Gasteiger partial charge in [-0.25, -0.2) is 4.39 Å². The minimum Gasteiger partial charge on any atom is -0.463 e. The van der Waals surface area contributed by atoms with Gasteiger partial charge in [-0.2, -0.15) is 5.10 Å². The van der Waals surface area contributed by atoms with Crippen LogP contribution in [-0.4, -0.2) is 11.3 Å². The number of furan rings is 1. The molecule has 1 aromatic carbocycles. The van der Waals surface area contributed by atoms with E-state index in [9.17, 15) is 4.39 Å². The zero-order valence-corrected chi connectivity index (χ0v) is 10.1. The second-order valence-corrected chi connectivity index (χ2v) is 3.75. The molecule has 1 heterocycles. The lowest BCUT2D eigenvalue weighted by Crippen LogP contribution is -2.23. The van der Waals surface area contributed by atoms with Crippen LogP contribution in [0.15, 0.2) is 52.2 Å². The van der Waals surface area contributed by atoms with Crippen LogP contribution >= 0.6 is 12.2 Å². The molecule has 0 amide bonds. The molecule has 2 rings (SSSR count). The minimum atomic E-state index is -0.296. The first-order valence-corrected chi connectivity index (χ1v) is 5.54. The Kier molecular flexibility index (Phi) is 4.03. The van der Waals surface area contributed by atoms with Gasteiger partial charge >= 0.3 is 0 Å². The molecule has 1 aromatic heterocycles. The summed E-state index contributed by atoms with van der Waals surface area (Å²) in [6.45, 7) is 0. The molecule has 18 heavy (non-hydrogen) atoms. The predicted molar refractivity (Wildman–Crippen MR) is 72.1 cm³/mol. The van der Waals surface area contributed by atoms with Crippen molar-refractivity contribution in [2.75, 3.05) is 5.32 Å². The summed E-state index contributed by atoms with van der Waals surface area (Å²) in [5.74, 6) is 0.322. The molecule has 0 atom stereocenters. The Morgan fingerprint density at radius 1 is 1.28 bits per heavy atom. The Morgan fingerprint density at radius 2 is 2.06 bits per heavy atom. The number of halogens is 1. The summed E-state index contributed by atoms with van der Waals surface area (Å²) >= 11 is 5.00. The van der Waals surface area contributed by atoms with Gasteiger partial charge in [0.2, 0.25) is 0 Å². The summed E-state index contributed by atoms with van der Waals surface area (Å²) in [6.07, 6.45) is 3.05. The van der Waals surface area contributed by atoms with Crippen molar-refractivity contribution in [1.82, 2.24) is 5.43 Å². The van der Waals surface area contributed by atoms with Gasteiger partial charge in [0, 0.05) is 5.69 Å². The standard InChI is InChI=1S/C12H10FN3OS/c13-9-3-5-10(6-4-9)15-12(18)16-14-8-11-2-1-7-17-11/h1-8H,(H2,15,16,18)/b14-8-. The van der Waals surface area contributed by atoms with Crippen LogP contribution in [0.5, 0.6) is 0 Å². The van der Waals surface area contributed by atoms with Gasteiger partial charge in [0.1, 0.15) is 11.6 Å². The number of benzene rings is 1. The molecule has 0 saturated carbocycles. The van der Waals surface area contributed by atoms with E-state index >= 15 is 0 Å². The van der Waals surface area contributed by atoms with Crippen LogP contribution in [0.4, 0.5) is 10.1 Å². The molecule has 0 aliphatic heterocycles. The molecule has 0 spiro atoms. The molecule has 0 unspecified atom stereocenters. The van der Waals surface area contributed by atoms with Crippen LogP contribution in [0.25, 0.3) is 0 Å². The molecule has 6 heteroatoms. The van der Waals surface area contributed by atoms with Crippen molar-refractivity contribution >= 4 is 29.2 Å². The highest BCUT2D eigenvalue weighted by Gasteiger charge is 1.96. The Balaban J connectivity index is 1.84. The SMILES string of the molecule is Fc1ccc(NC(=S)N/N=C\c2ccco2)cc1. The topological polar surface area (TPSA) is 49.6 Å². The Labute approximate surface area is 109 Å². The van der Waals surface area contributed by atoms with Crippen LogP contribution in [0.1, 0.15) is 5.76 Å². The molecule has 2 aromatic rings. The molecule has 92 valence electrons. The number of nitrogens with zero attached hydrogens (tertiary/aromatic N) is 1. The predicted octanol–water partition coefficient (Wildman–Crippen LogP) is 2.74. The molecule has 2 N–H and O–H groups in total. The number of rotatable bonds is 3. The fourth-order valence-electron chi connectivity index (χ4n) is 1.21. The maximum absolute atomic E-state index is 12.7. The third-order valence-electron chi connectivity index (χ3n) is 2.00. The quantitative estimate of drug-likeness (QED) is 0.508. The van der Waals surface area contributed by atoms with Gasteiger partial charge in [-0.15, -0.1) is 0 Å². The van der Waals surface area contributed by atoms with Crippen molar-refractivity contribution in [3.63, 3.8) is 0 Å². The summed E-state index contributed by atoms with van der Waals surface area (Å²) in [5, 5.41) is 7.05. The first kappa shape index (κ1) is 12.3. The minimum absolute atomic E-state index is 0.296. The monoisotopic (exact) mass is 263 g/mol. The van der Waals surface area contributed by atoms with Crippen molar-refractivity contribution in [3.8, 4) is 0 Å². The van der Waals surface area contributed by atoms with Crippen LogP contribution in [-0.2, 0) is 0 Å². The van der Waals surface area contributed by atoms with E-state index in [4.69, 9.17) is 16.6 Å². The summed E-state index contributed by atoms with van der Waals surface area (Å²) in [4.78, 5) is 0. The van der Waals surface area contributed by atoms with Gasteiger partial charge in [-0.1, -0.05) is 0 Å². The van der Waals surface area contributed by atoms with Gasteiger partial charge in [0.25, 0.3) is 0 Å². The molecule has 0 bridgehead atoms. The summed E-state index contributed by atoms with van der Waals surface area (Å²) < 4.78 is 17.7. The number of nitrogens with one attached hydrogen (secondary N) is 2. The lowest BCUT2D eigenvalue weighted by atomic mass is 10.3. The van der Waals surface area contributed by atoms with E-state index in [0.717, 1.165) is 0 Å². The average molecular weight is 263 g/mol. The molecule has 4 nitrogen and oxygen atoms in total. The van der Waals surface area contributed by atoms with Crippen molar-refractivity contribution in [1.29, 1.82) is 0 Å². The van der Waals surface area contributed by atoms with Gasteiger partial charge in [-0.3, -0.25) is 5.43 Å². The van der Waals surface area contributed by atoms with Crippen LogP contribution in [0.2, 0.25) is 0 Å². The fourth-order valence-corrected chi connectivity index (χ4v) is 1.38. The molecule has 0 radical (unpaired) electrons. The summed E-state index contributed by atoms with van der Waals surface area (Å²) in [5.41, 5.74) is 3.30. The average Bonchev–Trinajstić information content (AvgIpc) is 2.85. The van der Waals surface area contributed by atoms with E-state index in [1.54, 1.807) is 30.5 Å². The molecular formula is C12H10FN3OS. The van der Waals surface area contributed by atoms with E-state index in [1.165, 1.54) is 18.3 Å². The zero-order chi connectivity index (χ0) is 12.8. The number of thiocarbonyl (C=S) groups is 1. The normalized spacial score (nSPS) is 10.5. The number of hydrazone groups is 1. The van der Waals surface area contributed by atoms with Crippen molar-refractivity contribution in [3.05, 3.63) is 54.2 Å². The van der Waals surface area contributed by atoms with E-state index in [-0.39, 0.29) is 5.82 Å². The molecule has 0 aliphatic rings. The Hall–Kier alpha value is -2.21. The van der Waals surface area contributed by atoms with Gasteiger partial charge < -0.3 is 9.73 Å². The third kappa shape index (κ3) is 3.67. The van der Waals surface area contributed by atoms with E-state index in [0.29, 0.717) is 16.6 Å². The smallest absolute Gasteiger partial charge is 0.191 e. The fraction of sp³-hybridized carbons (Fsp3) is 0. The van der Waals surface area contributed by atoms with Crippen molar-refractivity contribution in [2.24, 2.45) is 5.10 Å². The van der Waals surface area contributed by atoms with Crippen LogP contribution in [0.3, 0.4) is 0 Å². The molecule has 0 aliphatic carbocycles. The molecular weight excluding hydrogens is 253 g/mol. The molecule has 0 fully saturated rings.